The predicted octanol–water partition coefficient (Wildman–Crippen LogP) is 9.27. The molecule has 0 spiro atoms. The van der Waals surface area contributed by atoms with E-state index in [2.05, 4.69) is 0 Å². The summed E-state index contributed by atoms with van der Waals surface area (Å²) in [6.07, 6.45) is 0. The molecule has 0 aliphatic carbocycles. The molecule has 0 aromatic heterocycles. The molecule has 67 heavy (non-hydrogen) atoms. The van der Waals surface area contributed by atoms with Crippen LogP contribution in [0.15, 0.2) is 243 Å². The summed E-state index contributed by atoms with van der Waals surface area (Å²) in [7, 11) is 0. The molecule has 0 fully saturated rings. The summed E-state index contributed by atoms with van der Waals surface area (Å²) in [6.45, 7) is -10.1. The number of carbonyl (C=O) groups excluding carboxylic acids is 2. The summed E-state index contributed by atoms with van der Waals surface area (Å²) in [5.74, 6) is -12.2. The normalized spacial score (nSPS) is 12.5. The molecule has 0 radical (unpaired) electrons. The fourth-order valence-corrected chi connectivity index (χ4v) is 20.5. The fraction of sp³-hybridized carbons (Fsp3) is 0. The maximum atomic E-state index is 17.2. The first-order valence-electron chi connectivity index (χ1n) is 21.0. The standard InChI is InChI=1S/C56H40F4O4P2.H2O/c57-51-49(55(61)63-65(41-25-9-1-10-26-41,42-27-11-2-12-28-42,43-29-13-3-14-30-43)44-31-15-4-16-32-44)50(52(58)54(60)53(51)59)56(62)64-66(45-33-17-5-18-34-45,46-35-19-6-20-36-46,47-37-21-7-22-38-47)48-39-23-8-24-40-48;/h1-40H;1H2. The van der Waals surface area contributed by atoms with Crippen LogP contribution in [0.25, 0.3) is 0 Å². The maximum absolute atomic E-state index is 17.2. The molecule has 5 nitrogen and oxygen atoms in total. The van der Waals surface area contributed by atoms with E-state index in [1.54, 1.807) is 243 Å². The minimum atomic E-state index is -5.05. The number of benzene rings is 9. The first-order chi connectivity index (χ1) is 32.2. The predicted molar refractivity (Wildman–Crippen MR) is 263 cm³/mol. The second-order valence-electron chi connectivity index (χ2n) is 15.5. The first-order valence-corrected chi connectivity index (χ1v) is 25.3. The van der Waals surface area contributed by atoms with Crippen molar-refractivity contribution in [3.63, 3.8) is 0 Å². The van der Waals surface area contributed by atoms with Gasteiger partial charge in [0.2, 0.25) is 0 Å². The van der Waals surface area contributed by atoms with Crippen molar-refractivity contribution in [1.29, 1.82) is 0 Å². The van der Waals surface area contributed by atoms with Gasteiger partial charge in [-0.3, -0.25) is 0 Å². The Morgan fingerprint density at radius 1 is 0.269 bits per heavy atom. The Labute approximate surface area is 385 Å². The van der Waals surface area contributed by atoms with Crippen molar-refractivity contribution < 1.29 is 41.7 Å². The zero-order valence-electron chi connectivity index (χ0n) is 35.6. The van der Waals surface area contributed by atoms with Crippen LogP contribution in [0.2, 0.25) is 0 Å². The molecule has 0 aliphatic rings. The van der Waals surface area contributed by atoms with Gasteiger partial charge in [0, 0.05) is 0 Å². The molecule has 0 saturated carbocycles. The van der Waals surface area contributed by atoms with Crippen LogP contribution in [-0.4, -0.2) is 17.4 Å². The summed E-state index contributed by atoms with van der Waals surface area (Å²) < 4.78 is 80.5. The van der Waals surface area contributed by atoms with Gasteiger partial charge < -0.3 is 5.48 Å². The number of rotatable bonds is 12. The van der Waals surface area contributed by atoms with Crippen molar-refractivity contribution in [1.82, 2.24) is 0 Å². The van der Waals surface area contributed by atoms with Crippen molar-refractivity contribution in [3.05, 3.63) is 277 Å². The number of hydrogen-bond donors (Lipinski definition) is 0. The fourth-order valence-electron chi connectivity index (χ4n) is 9.35. The van der Waals surface area contributed by atoms with Crippen LogP contribution in [0.4, 0.5) is 17.6 Å². The first kappa shape index (κ1) is 46.0. The van der Waals surface area contributed by atoms with Crippen molar-refractivity contribution in [2.45, 2.75) is 0 Å². The van der Waals surface area contributed by atoms with Crippen LogP contribution in [0.3, 0.4) is 0 Å². The average Bonchev–Trinajstić information content (AvgIpc) is 3.39. The van der Waals surface area contributed by atoms with Gasteiger partial charge in [0.25, 0.3) is 0 Å². The van der Waals surface area contributed by atoms with Crippen molar-refractivity contribution in [2.24, 2.45) is 0 Å². The zero-order valence-corrected chi connectivity index (χ0v) is 37.4. The minimum absolute atomic E-state index is 0. The Balaban J connectivity index is 0.00000608. The van der Waals surface area contributed by atoms with E-state index in [-0.39, 0.29) is 5.48 Å². The topological polar surface area (TPSA) is 84.1 Å². The molecule has 0 bridgehead atoms. The molecule has 0 atom stereocenters. The molecule has 9 aromatic carbocycles. The van der Waals surface area contributed by atoms with Gasteiger partial charge in [0.05, 0.1) is 0 Å². The SMILES string of the molecule is O.O=C(OP(c1ccccc1)(c1ccccc1)(c1ccccc1)c1ccccc1)c1c(F)c(F)c(F)c(F)c1C(=O)OP(c1ccccc1)(c1ccccc1)(c1ccccc1)c1ccccc1. The zero-order chi connectivity index (χ0) is 45.8. The van der Waals surface area contributed by atoms with E-state index in [1.165, 1.54) is 0 Å². The molecule has 9 aromatic rings. The Hall–Kier alpha value is -7.54. The van der Waals surface area contributed by atoms with E-state index in [4.69, 9.17) is 9.05 Å². The average molecular weight is 933 g/mol. The van der Waals surface area contributed by atoms with Crippen LogP contribution < -0.4 is 42.4 Å². The van der Waals surface area contributed by atoms with Crippen LogP contribution in [0.1, 0.15) is 20.7 Å². The molecule has 0 heterocycles. The third-order valence-corrected chi connectivity index (χ3v) is 23.5. The van der Waals surface area contributed by atoms with E-state index < -0.39 is 60.0 Å². The van der Waals surface area contributed by atoms with Gasteiger partial charge in [-0.25, -0.2) is 0 Å². The summed E-state index contributed by atoms with van der Waals surface area (Å²) in [4.78, 5) is 31.5. The monoisotopic (exact) mass is 932 g/mol. The van der Waals surface area contributed by atoms with Crippen molar-refractivity contribution in [2.75, 3.05) is 0 Å². The van der Waals surface area contributed by atoms with E-state index >= 15 is 27.2 Å². The van der Waals surface area contributed by atoms with Crippen LogP contribution in [0, 0.1) is 23.3 Å². The van der Waals surface area contributed by atoms with Gasteiger partial charge in [-0.2, -0.15) is 0 Å². The third-order valence-electron chi connectivity index (χ3n) is 12.2. The molecule has 334 valence electrons. The summed E-state index contributed by atoms with van der Waals surface area (Å²) in [5, 5.41) is 3.66. The molecule has 9 rings (SSSR count). The quantitative estimate of drug-likeness (QED) is 0.0530. The van der Waals surface area contributed by atoms with E-state index in [0.29, 0.717) is 42.4 Å². The Bertz CT molecular complexity index is 2620. The molecule has 0 saturated heterocycles. The van der Waals surface area contributed by atoms with Crippen molar-refractivity contribution >= 4 is 68.0 Å². The van der Waals surface area contributed by atoms with E-state index in [1.807, 2.05) is 0 Å². The molecule has 0 unspecified atom stereocenters. The third kappa shape index (κ3) is 6.89. The molecule has 0 amide bonds. The van der Waals surface area contributed by atoms with Gasteiger partial charge >= 0.3 is 381 Å². The number of carbonyl (C=O) groups is 2. The molecule has 11 heteroatoms. The number of hydrogen-bond acceptors (Lipinski definition) is 4. The Morgan fingerprint density at radius 3 is 0.567 bits per heavy atom. The Kier molecular flexibility index (Phi) is 12.6. The van der Waals surface area contributed by atoms with Gasteiger partial charge in [-0.05, 0) is 0 Å². The summed E-state index contributed by atoms with van der Waals surface area (Å²) in [5.41, 5.74) is -2.97. The molecular formula is C56H42F4O5P2. The van der Waals surface area contributed by atoms with Crippen LogP contribution in [-0.2, 0) is 9.05 Å². The van der Waals surface area contributed by atoms with Crippen LogP contribution in [0.5, 0.6) is 0 Å². The number of halogens is 4. The van der Waals surface area contributed by atoms with Gasteiger partial charge in [-0.15, -0.1) is 0 Å². The second kappa shape index (κ2) is 18.4. The van der Waals surface area contributed by atoms with E-state index in [9.17, 15) is 0 Å². The Morgan fingerprint density at radius 2 is 0.418 bits per heavy atom. The van der Waals surface area contributed by atoms with Gasteiger partial charge in [0.1, 0.15) is 0 Å². The summed E-state index contributed by atoms with van der Waals surface area (Å²) >= 11 is 0. The van der Waals surface area contributed by atoms with Gasteiger partial charge in [0.15, 0.2) is 0 Å². The molecule has 0 aliphatic heterocycles. The van der Waals surface area contributed by atoms with Crippen LogP contribution >= 0.6 is 13.7 Å². The van der Waals surface area contributed by atoms with Gasteiger partial charge in [-0.1, -0.05) is 0 Å². The van der Waals surface area contributed by atoms with E-state index in [0.717, 1.165) is 0 Å². The molecule has 2 N–H and O–H groups in total. The second-order valence-corrected chi connectivity index (χ2v) is 24.2. The van der Waals surface area contributed by atoms with Crippen molar-refractivity contribution in [3.8, 4) is 0 Å². The summed E-state index contributed by atoms with van der Waals surface area (Å²) in [6, 6.07) is 70.5. The molecular weight excluding hydrogens is 891 g/mol.